The van der Waals surface area contributed by atoms with E-state index in [0.717, 1.165) is 23.9 Å². The molecule has 1 unspecified atom stereocenters. The summed E-state index contributed by atoms with van der Waals surface area (Å²) >= 11 is 0. The maximum atomic E-state index is 13.5. The molecule has 2 aromatic carbocycles. The molecule has 198 valence electrons. The molecule has 1 amide bonds. The number of rotatable bonds is 8. The summed E-state index contributed by atoms with van der Waals surface area (Å²) in [6, 6.07) is 20.2. The van der Waals surface area contributed by atoms with E-state index in [4.69, 9.17) is 0 Å². The van der Waals surface area contributed by atoms with E-state index < -0.39 is 23.4 Å². The van der Waals surface area contributed by atoms with E-state index in [1.54, 1.807) is 48.7 Å². The lowest BCUT2D eigenvalue weighted by Gasteiger charge is -2.29. The quantitative estimate of drug-likeness (QED) is 0.298. The summed E-state index contributed by atoms with van der Waals surface area (Å²) in [4.78, 5) is 17.6. The number of nitriles is 1. The van der Waals surface area contributed by atoms with Crippen LogP contribution < -0.4 is 5.32 Å². The third-order valence-electron chi connectivity index (χ3n) is 6.75. The number of anilines is 1. The molecule has 0 saturated heterocycles. The van der Waals surface area contributed by atoms with Crippen molar-refractivity contribution in [1.82, 2.24) is 14.8 Å². The topological polar surface area (TPSA) is 104 Å². The molecule has 0 aliphatic heterocycles. The van der Waals surface area contributed by atoms with Crippen molar-refractivity contribution in [2.24, 2.45) is 5.92 Å². The van der Waals surface area contributed by atoms with Crippen LogP contribution in [0, 0.1) is 17.2 Å². The van der Waals surface area contributed by atoms with Gasteiger partial charge in [-0.2, -0.15) is 23.5 Å². The Morgan fingerprint density at radius 1 is 1.05 bits per heavy atom. The number of halogens is 3. The third kappa shape index (κ3) is 5.68. The molecule has 2 N–H and O–H groups in total. The summed E-state index contributed by atoms with van der Waals surface area (Å²) in [7, 11) is 0. The summed E-state index contributed by atoms with van der Waals surface area (Å²) in [6.45, 7) is 0. The van der Waals surface area contributed by atoms with Gasteiger partial charge in [-0.3, -0.25) is 9.78 Å². The minimum absolute atomic E-state index is 0.132. The standard InChI is InChI=1S/C29H24F3N5O2/c30-29(31,32)26-17-24(37(36-26)23-8-3-5-20(15-23)18-33)27(38)35-22-7-4-6-21(16-22)28(39,13-12-19-10-11-19)25-9-1-2-14-34-25/h1-9,14-17,19,39H,10-13H2,(H,35,38). The zero-order valence-electron chi connectivity index (χ0n) is 20.7. The fraction of sp³-hybridized carbons (Fsp3) is 0.241. The molecule has 1 saturated carbocycles. The van der Waals surface area contributed by atoms with Crippen molar-refractivity contribution < 1.29 is 23.1 Å². The molecule has 5 rings (SSSR count). The molecule has 4 aromatic rings. The number of aromatic nitrogens is 3. The highest BCUT2D eigenvalue weighted by Crippen LogP contribution is 2.41. The van der Waals surface area contributed by atoms with E-state index in [9.17, 15) is 28.3 Å². The van der Waals surface area contributed by atoms with Crippen molar-refractivity contribution >= 4 is 11.6 Å². The fourth-order valence-corrected chi connectivity index (χ4v) is 4.48. The lowest BCUT2D eigenvalue weighted by atomic mass is 9.84. The number of alkyl halides is 3. The molecular weight excluding hydrogens is 507 g/mol. The number of hydrogen-bond donors (Lipinski definition) is 2. The predicted molar refractivity (Wildman–Crippen MR) is 137 cm³/mol. The number of nitrogens with zero attached hydrogens (tertiary/aromatic N) is 4. The predicted octanol–water partition coefficient (Wildman–Crippen LogP) is 5.84. The molecule has 1 atom stereocenters. The van der Waals surface area contributed by atoms with Crippen molar-refractivity contribution in [3.63, 3.8) is 0 Å². The average Bonchev–Trinajstić information content (AvgIpc) is 3.66. The lowest BCUT2D eigenvalue weighted by Crippen LogP contribution is -2.29. The number of hydrogen-bond acceptors (Lipinski definition) is 5. The summed E-state index contributed by atoms with van der Waals surface area (Å²) in [5, 5.41) is 27.2. The summed E-state index contributed by atoms with van der Waals surface area (Å²) in [5.74, 6) is -0.275. The first-order valence-corrected chi connectivity index (χ1v) is 12.4. The minimum Gasteiger partial charge on any atom is -0.379 e. The van der Waals surface area contributed by atoms with E-state index in [0.29, 0.717) is 29.7 Å². The minimum atomic E-state index is -4.78. The van der Waals surface area contributed by atoms with Crippen LogP contribution in [-0.2, 0) is 11.8 Å². The van der Waals surface area contributed by atoms with E-state index >= 15 is 0 Å². The summed E-state index contributed by atoms with van der Waals surface area (Å²) < 4.78 is 41.4. The molecular formula is C29H24F3N5O2. The summed E-state index contributed by atoms with van der Waals surface area (Å²) in [5.41, 5.74) is -1.42. The van der Waals surface area contributed by atoms with Crippen LogP contribution in [0.25, 0.3) is 5.69 Å². The van der Waals surface area contributed by atoms with Crippen molar-refractivity contribution in [2.45, 2.75) is 37.5 Å². The van der Waals surface area contributed by atoms with Gasteiger partial charge in [-0.05, 0) is 66.8 Å². The first-order chi connectivity index (χ1) is 18.7. The van der Waals surface area contributed by atoms with Crippen LogP contribution in [0.1, 0.15) is 58.7 Å². The highest BCUT2D eigenvalue weighted by Gasteiger charge is 2.37. The Morgan fingerprint density at radius 3 is 2.54 bits per heavy atom. The number of pyridine rings is 1. The van der Waals surface area contributed by atoms with Crippen molar-refractivity contribution in [2.75, 3.05) is 5.32 Å². The molecule has 1 fully saturated rings. The van der Waals surface area contributed by atoms with Gasteiger partial charge in [0.05, 0.1) is 23.0 Å². The molecule has 0 radical (unpaired) electrons. The van der Waals surface area contributed by atoms with Crippen LogP contribution in [0.4, 0.5) is 18.9 Å². The van der Waals surface area contributed by atoms with Crippen LogP contribution in [0.3, 0.4) is 0 Å². The van der Waals surface area contributed by atoms with Gasteiger partial charge in [0, 0.05) is 18.0 Å². The van der Waals surface area contributed by atoms with Crippen LogP contribution in [0.2, 0.25) is 0 Å². The Bertz CT molecular complexity index is 1540. The molecule has 1 aliphatic carbocycles. The zero-order chi connectivity index (χ0) is 27.6. The van der Waals surface area contributed by atoms with E-state index in [1.165, 1.54) is 24.3 Å². The number of carbonyl (C=O) groups is 1. The fourth-order valence-electron chi connectivity index (χ4n) is 4.48. The number of benzene rings is 2. The van der Waals surface area contributed by atoms with Gasteiger partial charge < -0.3 is 10.4 Å². The maximum absolute atomic E-state index is 13.5. The first kappa shape index (κ1) is 26.1. The van der Waals surface area contributed by atoms with Gasteiger partial charge in [0.15, 0.2) is 5.69 Å². The van der Waals surface area contributed by atoms with Crippen LogP contribution in [-0.4, -0.2) is 25.8 Å². The average molecular weight is 532 g/mol. The largest absolute Gasteiger partial charge is 0.435 e. The Kier molecular flexibility index (Phi) is 6.93. The SMILES string of the molecule is N#Cc1cccc(-n2nc(C(F)(F)F)cc2C(=O)Nc2cccc(C(O)(CCC3CC3)c3ccccn3)c2)c1. The number of nitrogens with one attached hydrogen (secondary N) is 1. The molecule has 7 nitrogen and oxygen atoms in total. The Balaban J connectivity index is 1.48. The van der Waals surface area contributed by atoms with E-state index in [-0.39, 0.29) is 22.6 Å². The number of carbonyl (C=O) groups excluding carboxylic acids is 1. The van der Waals surface area contributed by atoms with Gasteiger partial charge in [0.1, 0.15) is 11.3 Å². The van der Waals surface area contributed by atoms with Gasteiger partial charge in [-0.25, -0.2) is 4.68 Å². The van der Waals surface area contributed by atoms with Gasteiger partial charge in [0.25, 0.3) is 5.91 Å². The van der Waals surface area contributed by atoms with Gasteiger partial charge in [-0.1, -0.05) is 37.1 Å². The monoisotopic (exact) mass is 531 g/mol. The smallest absolute Gasteiger partial charge is 0.379 e. The van der Waals surface area contributed by atoms with Crippen molar-refractivity contribution in [1.29, 1.82) is 5.26 Å². The molecule has 2 aromatic heterocycles. The Labute approximate surface area is 222 Å². The van der Waals surface area contributed by atoms with E-state index in [1.807, 2.05) is 6.07 Å². The lowest BCUT2D eigenvalue weighted by molar-refractivity contribution is -0.141. The zero-order valence-corrected chi connectivity index (χ0v) is 20.7. The van der Waals surface area contributed by atoms with E-state index in [2.05, 4.69) is 15.4 Å². The molecule has 39 heavy (non-hydrogen) atoms. The molecule has 1 aliphatic rings. The maximum Gasteiger partial charge on any atom is 0.435 e. The van der Waals surface area contributed by atoms with Gasteiger partial charge in [-0.15, -0.1) is 0 Å². The van der Waals surface area contributed by atoms with Crippen molar-refractivity contribution in [3.05, 3.63) is 107 Å². The first-order valence-electron chi connectivity index (χ1n) is 12.4. The molecule has 0 bridgehead atoms. The van der Waals surface area contributed by atoms with Gasteiger partial charge >= 0.3 is 6.18 Å². The van der Waals surface area contributed by atoms with Crippen LogP contribution in [0.15, 0.2) is 79.0 Å². The highest BCUT2D eigenvalue weighted by atomic mass is 19.4. The second-order valence-corrected chi connectivity index (χ2v) is 9.58. The van der Waals surface area contributed by atoms with Crippen LogP contribution >= 0.6 is 0 Å². The molecule has 0 spiro atoms. The summed E-state index contributed by atoms with van der Waals surface area (Å²) in [6.07, 6.45) is 0.309. The second kappa shape index (κ2) is 10.3. The van der Waals surface area contributed by atoms with Crippen LogP contribution in [0.5, 0.6) is 0 Å². The number of aliphatic hydroxyl groups is 1. The van der Waals surface area contributed by atoms with Gasteiger partial charge in [0.2, 0.25) is 0 Å². The Morgan fingerprint density at radius 2 is 1.85 bits per heavy atom. The second-order valence-electron chi connectivity index (χ2n) is 9.58. The highest BCUT2D eigenvalue weighted by molar-refractivity contribution is 6.03. The Hall–Kier alpha value is -4.49. The molecule has 2 heterocycles. The number of amides is 1. The molecule has 10 heteroatoms. The van der Waals surface area contributed by atoms with Crippen molar-refractivity contribution in [3.8, 4) is 11.8 Å². The third-order valence-corrected chi connectivity index (χ3v) is 6.75. The normalized spacial score (nSPS) is 14.8.